The van der Waals surface area contributed by atoms with Gasteiger partial charge in [0.1, 0.15) is 0 Å². The normalized spacial score (nSPS) is 21.1. The van der Waals surface area contributed by atoms with Crippen LogP contribution in [0.1, 0.15) is 37.6 Å². The lowest BCUT2D eigenvalue weighted by Gasteiger charge is -2.34. The molecule has 2 aromatic heterocycles. The average Bonchev–Trinajstić information content (AvgIpc) is 2.80. The Hall–Kier alpha value is -1.42. The summed E-state index contributed by atoms with van der Waals surface area (Å²) in [5, 5.41) is 4.62. The van der Waals surface area contributed by atoms with Crippen LogP contribution in [0.4, 0.5) is 0 Å². The molecule has 2 aromatic rings. The Morgan fingerprint density at radius 3 is 3.05 bits per heavy atom. The molecule has 0 spiro atoms. The van der Waals surface area contributed by atoms with Crippen LogP contribution >= 0.6 is 0 Å². The van der Waals surface area contributed by atoms with E-state index >= 15 is 0 Å². The van der Waals surface area contributed by atoms with Crippen LogP contribution in [0.15, 0.2) is 18.3 Å². The zero-order valence-corrected chi connectivity index (χ0v) is 11.8. The quantitative estimate of drug-likeness (QED) is 0.848. The molecule has 0 saturated carbocycles. The third-order valence-corrected chi connectivity index (χ3v) is 4.10. The molecule has 1 aliphatic heterocycles. The molecule has 4 nitrogen and oxygen atoms in total. The molecule has 1 unspecified atom stereocenters. The predicted molar refractivity (Wildman–Crippen MR) is 76.3 cm³/mol. The molecule has 4 heteroatoms. The van der Waals surface area contributed by atoms with Gasteiger partial charge in [-0.15, -0.1) is 0 Å². The van der Waals surface area contributed by atoms with Gasteiger partial charge in [-0.2, -0.15) is 5.10 Å². The Morgan fingerprint density at radius 1 is 1.32 bits per heavy atom. The van der Waals surface area contributed by atoms with Crippen molar-refractivity contribution in [1.82, 2.24) is 19.5 Å². The molecule has 1 aliphatic rings. The standard InChI is InChI=1S/C15H22N4/c1-3-18-9-5-4-6-13(18)10-14-16-15-8-7-12(2)11-19(15)17-14/h7-8,11,13H,3-6,9-10H2,1-2H3. The fourth-order valence-electron chi connectivity index (χ4n) is 3.04. The van der Waals surface area contributed by atoms with E-state index in [0.29, 0.717) is 6.04 Å². The van der Waals surface area contributed by atoms with Gasteiger partial charge in [0.05, 0.1) is 0 Å². The van der Waals surface area contributed by atoms with Crippen molar-refractivity contribution in [2.45, 2.75) is 45.6 Å². The van der Waals surface area contributed by atoms with Crippen LogP contribution in [0.25, 0.3) is 5.65 Å². The lowest BCUT2D eigenvalue weighted by atomic mass is 9.99. The summed E-state index contributed by atoms with van der Waals surface area (Å²) in [6.45, 7) is 6.70. The maximum Gasteiger partial charge on any atom is 0.155 e. The SMILES string of the molecule is CCN1CCCCC1Cc1nc2ccc(C)cn2n1. The van der Waals surface area contributed by atoms with Gasteiger partial charge in [-0.1, -0.05) is 19.4 Å². The zero-order chi connectivity index (χ0) is 13.2. The number of likely N-dealkylation sites (tertiary alicyclic amines) is 1. The van der Waals surface area contributed by atoms with Crippen molar-refractivity contribution in [1.29, 1.82) is 0 Å². The van der Waals surface area contributed by atoms with Gasteiger partial charge in [-0.3, -0.25) is 0 Å². The largest absolute Gasteiger partial charge is 0.300 e. The summed E-state index contributed by atoms with van der Waals surface area (Å²) in [7, 11) is 0. The second kappa shape index (κ2) is 5.29. The number of hydrogen-bond acceptors (Lipinski definition) is 3. The summed E-state index contributed by atoms with van der Waals surface area (Å²) >= 11 is 0. The molecule has 0 amide bonds. The first kappa shape index (κ1) is 12.6. The van der Waals surface area contributed by atoms with Crippen LogP contribution in [-0.4, -0.2) is 38.6 Å². The lowest BCUT2D eigenvalue weighted by molar-refractivity contribution is 0.154. The number of likely N-dealkylation sites (N-methyl/N-ethyl adjacent to an activating group) is 1. The number of piperidine rings is 1. The summed E-state index contributed by atoms with van der Waals surface area (Å²) < 4.78 is 1.91. The highest BCUT2D eigenvalue weighted by molar-refractivity contribution is 5.38. The maximum absolute atomic E-state index is 4.64. The Bertz CT molecular complexity index is 560. The van der Waals surface area contributed by atoms with E-state index in [0.717, 1.165) is 24.4 Å². The number of pyridine rings is 1. The van der Waals surface area contributed by atoms with E-state index in [9.17, 15) is 0 Å². The number of fused-ring (bicyclic) bond motifs is 1. The van der Waals surface area contributed by atoms with E-state index in [2.05, 4.69) is 34.9 Å². The number of rotatable bonds is 3. The summed E-state index contributed by atoms with van der Waals surface area (Å²) in [6, 6.07) is 4.76. The number of aromatic nitrogens is 3. The molecule has 19 heavy (non-hydrogen) atoms. The minimum absolute atomic E-state index is 0.622. The molecule has 0 radical (unpaired) electrons. The van der Waals surface area contributed by atoms with E-state index in [-0.39, 0.29) is 0 Å². The van der Waals surface area contributed by atoms with E-state index in [1.807, 2.05) is 16.8 Å². The van der Waals surface area contributed by atoms with E-state index in [1.165, 1.54) is 31.4 Å². The minimum Gasteiger partial charge on any atom is -0.300 e. The van der Waals surface area contributed by atoms with Crippen LogP contribution in [0.3, 0.4) is 0 Å². The lowest BCUT2D eigenvalue weighted by Crippen LogP contribution is -2.40. The van der Waals surface area contributed by atoms with Crippen molar-refractivity contribution in [2.24, 2.45) is 0 Å². The number of nitrogens with zero attached hydrogens (tertiary/aromatic N) is 4. The molecule has 0 bridgehead atoms. The van der Waals surface area contributed by atoms with Crippen LogP contribution in [0.5, 0.6) is 0 Å². The molecule has 0 aliphatic carbocycles. The average molecular weight is 258 g/mol. The Balaban J connectivity index is 1.80. The van der Waals surface area contributed by atoms with Crippen molar-refractivity contribution in [3.63, 3.8) is 0 Å². The van der Waals surface area contributed by atoms with Crippen molar-refractivity contribution in [3.8, 4) is 0 Å². The molecule has 1 saturated heterocycles. The maximum atomic E-state index is 4.64. The minimum atomic E-state index is 0.622. The third kappa shape index (κ3) is 2.63. The molecular weight excluding hydrogens is 236 g/mol. The summed E-state index contributed by atoms with van der Waals surface area (Å²) in [4.78, 5) is 7.21. The second-order valence-corrected chi connectivity index (χ2v) is 5.52. The molecule has 0 aromatic carbocycles. The van der Waals surface area contributed by atoms with Crippen molar-refractivity contribution in [2.75, 3.05) is 13.1 Å². The fourth-order valence-corrected chi connectivity index (χ4v) is 3.04. The first-order valence-corrected chi connectivity index (χ1v) is 7.32. The molecule has 1 atom stereocenters. The predicted octanol–water partition coefficient (Wildman–Crippen LogP) is 2.45. The van der Waals surface area contributed by atoms with Gasteiger partial charge in [0.2, 0.25) is 0 Å². The molecule has 3 rings (SSSR count). The van der Waals surface area contributed by atoms with Gasteiger partial charge < -0.3 is 4.90 Å². The van der Waals surface area contributed by atoms with Crippen molar-refractivity contribution in [3.05, 3.63) is 29.7 Å². The van der Waals surface area contributed by atoms with E-state index in [4.69, 9.17) is 0 Å². The van der Waals surface area contributed by atoms with Crippen LogP contribution < -0.4 is 0 Å². The Kier molecular flexibility index (Phi) is 3.51. The third-order valence-electron chi connectivity index (χ3n) is 4.10. The van der Waals surface area contributed by atoms with Crippen LogP contribution in [0, 0.1) is 6.92 Å². The van der Waals surface area contributed by atoms with Gasteiger partial charge in [0.25, 0.3) is 0 Å². The van der Waals surface area contributed by atoms with Gasteiger partial charge in [-0.25, -0.2) is 9.50 Å². The first-order chi connectivity index (χ1) is 9.26. The second-order valence-electron chi connectivity index (χ2n) is 5.52. The molecule has 102 valence electrons. The van der Waals surface area contributed by atoms with Crippen molar-refractivity contribution >= 4 is 5.65 Å². The monoisotopic (exact) mass is 258 g/mol. The van der Waals surface area contributed by atoms with Gasteiger partial charge >= 0.3 is 0 Å². The van der Waals surface area contributed by atoms with Gasteiger partial charge in [-0.05, 0) is 44.5 Å². The summed E-state index contributed by atoms with van der Waals surface area (Å²) in [5.74, 6) is 0.982. The van der Waals surface area contributed by atoms with Crippen LogP contribution in [0.2, 0.25) is 0 Å². The number of hydrogen-bond donors (Lipinski definition) is 0. The molecule has 3 heterocycles. The molecule has 0 N–H and O–H groups in total. The Morgan fingerprint density at radius 2 is 2.21 bits per heavy atom. The summed E-state index contributed by atoms with van der Waals surface area (Å²) in [5.41, 5.74) is 2.18. The van der Waals surface area contributed by atoms with Crippen molar-refractivity contribution < 1.29 is 0 Å². The van der Waals surface area contributed by atoms with E-state index < -0.39 is 0 Å². The smallest absolute Gasteiger partial charge is 0.155 e. The van der Waals surface area contributed by atoms with Gasteiger partial charge in [0, 0.05) is 18.7 Å². The highest BCUT2D eigenvalue weighted by Crippen LogP contribution is 2.19. The fraction of sp³-hybridized carbons (Fsp3) is 0.600. The van der Waals surface area contributed by atoms with Gasteiger partial charge in [0.15, 0.2) is 11.5 Å². The Labute approximate surface area is 114 Å². The first-order valence-electron chi connectivity index (χ1n) is 7.32. The highest BCUT2D eigenvalue weighted by atomic mass is 15.3. The summed E-state index contributed by atoms with van der Waals surface area (Å²) in [6.07, 6.45) is 6.98. The zero-order valence-electron chi connectivity index (χ0n) is 11.8. The highest BCUT2D eigenvalue weighted by Gasteiger charge is 2.22. The topological polar surface area (TPSA) is 33.4 Å². The van der Waals surface area contributed by atoms with Crippen LogP contribution in [-0.2, 0) is 6.42 Å². The molecular formula is C15H22N4. The molecule has 1 fully saturated rings. The number of aryl methyl sites for hydroxylation is 1. The van der Waals surface area contributed by atoms with E-state index in [1.54, 1.807) is 0 Å².